The molecule has 0 saturated carbocycles. The van der Waals surface area contributed by atoms with E-state index in [1.807, 2.05) is 4.72 Å². The number of benzene rings is 1. The molecule has 6 nitrogen and oxygen atoms in total. The molecule has 2 rings (SSSR count). The molecule has 0 unspecified atom stereocenters. The zero-order chi connectivity index (χ0) is 15.6. The Kier molecular flexibility index (Phi) is 4.10. The number of primary amides is 1. The van der Waals surface area contributed by atoms with Crippen LogP contribution < -0.4 is 10.5 Å². The van der Waals surface area contributed by atoms with Crippen molar-refractivity contribution in [2.45, 2.75) is 4.90 Å². The summed E-state index contributed by atoms with van der Waals surface area (Å²) in [6.45, 7) is 0. The van der Waals surface area contributed by atoms with Gasteiger partial charge in [0.1, 0.15) is 10.7 Å². The summed E-state index contributed by atoms with van der Waals surface area (Å²) < 4.78 is 39.9. The third-order valence-electron chi connectivity index (χ3n) is 2.52. The Balaban J connectivity index is 2.44. The van der Waals surface area contributed by atoms with Crippen LogP contribution in [-0.4, -0.2) is 19.3 Å². The van der Waals surface area contributed by atoms with Gasteiger partial charge in [-0.05, 0) is 24.3 Å². The maximum atomic E-state index is 13.7. The van der Waals surface area contributed by atoms with Crippen LogP contribution in [0.1, 0.15) is 10.4 Å². The van der Waals surface area contributed by atoms with Crippen LogP contribution in [0.4, 0.5) is 10.1 Å². The van der Waals surface area contributed by atoms with Gasteiger partial charge in [-0.3, -0.25) is 14.5 Å². The first-order chi connectivity index (χ1) is 9.81. The van der Waals surface area contributed by atoms with Crippen molar-refractivity contribution < 1.29 is 17.6 Å². The van der Waals surface area contributed by atoms with E-state index in [0.717, 1.165) is 24.4 Å². The van der Waals surface area contributed by atoms with Crippen molar-refractivity contribution in [3.63, 3.8) is 0 Å². The molecule has 0 saturated heterocycles. The van der Waals surface area contributed by atoms with Gasteiger partial charge >= 0.3 is 0 Å². The maximum Gasteiger partial charge on any atom is 0.265 e. The summed E-state index contributed by atoms with van der Waals surface area (Å²) >= 11 is 5.77. The maximum absolute atomic E-state index is 13.7. The van der Waals surface area contributed by atoms with Gasteiger partial charge in [-0.2, -0.15) is 0 Å². The van der Waals surface area contributed by atoms with E-state index in [-0.39, 0.29) is 15.5 Å². The SMILES string of the molecule is NC(=O)c1ccc(F)c(NS(=O)(=O)c2cnccc2Cl)c1. The van der Waals surface area contributed by atoms with Gasteiger partial charge in [0.25, 0.3) is 10.0 Å². The molecule has 0 aliphatic rings. The molecule has 0 bridgehead atoms. The molecule has 1 amide bonds. The Bertz CT molecular complexity index is 811. The predicted molar refractivity (Wildman–Crippen MR) is 75.0 cm³/mol. The summed E-state index contributed by atoms with van der Waals surface area (Å²) in [6, 6.07) is 4.36. The molecule has 0 aliphatic heterocycles. The average molecular weight is 330 g/mol. The Morgan fingerprint density at radius 1 is 1.33 bits per heavy atom. The number of anilines is 1. The highest BCUT2D eigenvalue weighted by molar-refractivity contribution is 7.92. The fourth-order valence-electron chi connectivity index (χ4n) is 1.52. The lowest BCUT2D eigenvalue weighted by Crippen LogP contribution is -2.16. The van der Waals surface area contributed by atoms with Crippen LogP contribution in [0.5, 0.6) is 0 Å². The smallest absolute Gasteiger partial charge is 0.265 e. The van der Waals surface area contributed by atoms with Crippen LogP contribution in [0.25, 0.3) is 0 Å². The van der Waals surface area contributed by atoms with E-state index >= 15 is 0 Å². The number of halogens is 2. The highest BCUT2D eigenvalue weighted by Crippen LogP contribution is 2.24. The van der Waals surface area contributed by atoms with Crippen molar-refractivity contribution in [3.8, 4) is 0 Å². The standard InChI is InChI=1S/C12H9ClFN3O3S/c13-8-3-4-16-6-11(8)21(19,20)17-10-5-7(12(15)18)1-2-9(10)14/h1-6,17H,(H2,15,18). The highest BCUT2D eigenvalue weighted by atomic mass is 35.5. The lowest BCUT2D eigenvalue weighted by molar-refractivity contribution is 0.100. The van der Waals surface area contributed by atoms with Crippen LogP contribution in [0.2, 0.25) is 5.02 Å². The van der Waals surface area contributed by atoms with Crippen LogP contribution in [0.15, 0.2) is 41.6 Å². The number of aromatic nitrogens is 1. The van der Waals surface area contributed by atoms with E-state index in [9.17, 15) is 17.6 Å². The number of amides is 1. The van der Waals surface area contributed by atoms with Crippen molar-refractivity contribution in [1.82, 2.24) is 4.98 Å². The number of pyridine rings is 1. The number of hydrogen-bond donors (Lipinski definition) is 2. The molecule has 1 aromatic carbocycles. The van der Waals surface area contributed by atoms with E-state index in [1.54, 1.807) is 0 Å². The van der Waals surface area contributed by atoms with Gasteiger partial charge in [0.15, 0.2) is 0 Å². The number of nitrogens with two attached hydrogens (primary N) is 1. The first-order valence-electron chi connectivity index (χ1n) is 5.53. The topological polar surface area (TPSA) is 102 Å². The molecular weight excluding hydrogens is 321 g/mol. The molecule has 2 aromatic rings. The van der Waals surface area contributed by atoms with E-state index in [1.165, 1.54) is 12.3 Å². The molecular formula is C12H9ClFN3O3S. The Morgan fingerprint density at radius 3 is 2.67 bits per heavy atom. The lowest BCUT2D eigenvalue weighted by atomic mass is 10.2. The summed E-state index contributed by atoms with van der Waals surface area (Å²) in [5.74, 6) is -1.67. The Morgan fingerprint density at radius 2 is 2.05 bits per heavy atom. The fraction of sp³-hybridized carbons (Fsp3) is 0. The number of sulfonamides is 1. The molecule has 110 valence electrons. The van der Waals surface area contributed by atoms with Crippen LogP contribution in [0.3, 0.4) is 0 Å². The second kappa shape index (κ2) is 5.66. The molecule has 0 fully saturated rings. The average Bonchev–Trinajstić information content (AvgIpc) is 2.41. The number of nitrogens with one attached hydrogen (secondary N) is 1. The summed E-state index contributed by atoms with van der Waals surface area (Å²) in [7, 11) is -4.15. The Hall–Kier alpha value is -2.19. The quantitative estimate of drug-likeness (QED) is 0.892. The van der Waals surface area contributed by atoms with E-state index in [0.29, 0.717) is 0 Å². The van der Waals surface area contributed by atoms with Crippen LogP contribution in [0, 0.1) is 5.82 Å². The zero-order valence-corrected chi connectivity index (χ0v) is 12.0. The molecule has 0 radical (unpaired) electrons. The second-order valence-electron chi connectivity index (χ2n) is 3.97. The number of hydrogen-bond acceptors (Lipinski definition) is 4. The minimum Gasteiger partial charge on any atom is -0.366 e. The number of rotatable bonds is 4. The second-order valence-corrected chi connectivity index (χ2v) is 6.03. The van der Waals surface area contributed by atoms with Gasteiger partial charge in [0.05, 0.1) is 10.7 Å². The summed E-state index contributed by atoms with van der Waals surface area (Å²) in [5.41, 5.74) is 4.62. The minimum absolute atomic E-state index is 0.0358. The van der Waals surface area contributed by atoms with Crippen LogP contribution in [-0.2, 0) is 10.0 Å². The van der Waals surface area contributed by atoms with Crippen LogP contribution >= 0.6 is 11.6 Å². The summed E-state index contributed by atoms with van der Waals surface area (Å²) in [5, 5.41) is -0.0658. The monoisotopic (exact) mass is 329 g/mol. The molecule has 1 aromatic heterocycles. The minimum atomic E-state index is -4.15. The van der Waals surface area contributed by atoms with Gasteiger partial charge in [0.2, 0.25) is 5.91 Å². The van der Waals surface area contributed by atoms with Crippen molar-refractivity contribution in [2.75, 3.05) is 4.72 Å². The summed E-state index contributed by atoms with van der Waals surface area (Å²) in [4.78, 5) is 14.4. The van der Waals surface area contributed by atoms with Crippen molar-refractivity contribution in [3.05, 3.63) is 53.1 Å². The molecule has 1 heterocycles. The van der Waals surface area contributed by atoms with Gasteiger partial charge in [-0.1, -0.05) is 11.6 Å². The fourth-order valence-corrected chi connectivity index (χ4v) is 3.01. The van der Waals surface area contributed by atoms with Crippen molar-refractivity contribution >= 4 is 33.2 Å². The first kappa shape index (κ1) is 15.2. The lowest BCUT2D eigenvalue weighted by Gasteiger charge is -2.10. The van der Waals surface area contributed by atoms with Gasteiger partial charge in [-0.25, -0.2) is 12.8 Å². The number of carbonyl (C=O) groups excluding carboxylic acids is 1. The number of carbonyl (C=O) groups is 1. The molecule has 0 atom stereocenters. The highest BCUT2D eigenvalue weighted by Gasteiger charge is 2.20. The normalized spacial score (nSPS) is 11.1. The van der Waals surface area contributed by atoms with Gasteiger partial charge in [-0.15, -0.1) is 0 Å². The first-order valence-corrected chi connectivity index (χ1v) is 7.39. The van der Waals surface area contributed by atoms with E-state index < -0.39 is 27.4 Å². The summed E-state index contributed by atoms with van der Waals surface area (Å²) in [6.07, 6.45) is 2.34. The zero-order valence-electron chi connectivity index (χ0n) is 10.4. The van der Waals surface area contributed by atoms with Crippen molar-refractivity contribution in [2.24, 2.45) is 5.73 Å². The van der Waals surface area contributed by atoms with Crippen molar-refractivity contribution in [1.29, 1.82) is 0 Å². The number of nitrogens with zero attached hydrogens (tertiary/aromatic N) is 1. The van der Waals surface area contributed by atoms with Gasteiger partial charge in [0, 0.05) is 18.0 Å². The molecule has 0 spiro atoms. The van der Waals surface area contributed by atoms with E-state index in [2.05, 4.69) is 4.98 Å². The predicted octanol–water partition coefficient (Wildman–Crippen LogP) is 1.77. The third-order valence-corrected chi connectivity index (χ3v) is 4.35. The van der Waals surface area contributed by atoms with Gasteiger partial charge < -0.3 is 5.73 Å². The Labute approximate surface area is 124 Å². The molecule has 3 N–H and O–H groups in total. The largest absolute Gasteiger partial charge is 0.366 e. The van der Waals surface area contributed by atoms with E-state index in [4.69, 9.17) is 17.3 Å². The molecule has 9 heteroatoms. The molecule has 0 aliphatic carbocycles. The third kappa shape index (κ3) is 3.29. The molecule has 21 heavy (non-hydrogen) atoms.